The molecule has 1 saturated carbocycles. The Morgan fingerprint density at radius 3 is 2.48 bits per heavy atom. The number of carbonyl (C=O) groups excluding carboxylic acids is 5. The molecule has 1 spiro atoms. The summed E-state index contributed by atoms with van der Waals surface area (Å²) in [6, 6.07) is -0.620. The number of likely N-dealkylation sites (N-methyl/N-ethyl adjacent to an activating group) is 1. The Morgan fingerprint density at radius 1 is 1.24 bits per heavy atom. The topological polar surface area (TPSA) is 125 Å². The molecule has 1 aliphatic carbocycles. The lowest BCUT2D eigenvalue weighted by Gasteiger charge is -2.19. The van der Waals surface area contributed by atoms with E-state index in [2.05, 4.69) is 10.6 Å². The van der Waals surface area contributed by atoms with Gasteiger partial charge in [0.05, 0.1) is 6.54 Å². The number of imide groups is 1. The van der Waals surface area contributed by atoms with Gasteiger partial charge in [0, 0.05) is 14.1 Å². The van der Waals surface area contributed by atoms with Crippen LogP contribution < -0.4 is 10.6 Å². The fourth-order valence-electron chi connectivity index (χ4n) is 2.84. The predicted octanol–water partition coefficient (Wildman–Crippen LogP) is -1.40. The maximum Gasteiger partial charge on any atom is 0.326 e. The Morgan fingerprint density at radius 2 is 1.88 bits per heavy atom. The zero-order valence-corrected chi connectivity index (χ0v) is 14.3. The highest BCUT2D eigenvalue weighted by molar-refractivity contribution is 6.08. The lowest BCUT2D eigenvalue weighted by molar-refractivity contribution is -0.151. The van der Waals surface area contributed by atoms with Crippen molar-refractivity contribution in [3.8, 4) is 0 Å². The summed E-state index contributed by atoms with van der Waals surface area (Å²) >= 11 is 0. The molecule has 2 fully saturated rings. The van der Waals surface area contributed by atoms with Crippen LogP contribution in [0.25, 0.3) is 0 Å². The molecule has 1 heterocycles. The minimum atomic E-state index is -0.888. The van der Waals surface area contributed by atoms with Crippen LogP contribution in [-0.4, -0.2) is 78.9 Å². The Bertz CT molecular complexity index is 597. The van der Waals surface area contributed by atoms with Crippen LogP contribution in [0.3, 0.4) is 0 Å². The third-order valence-electron chi connectivity index (χ3n) is 4.29. The van der Waals surface area contributed by atoms with E-state index in [9.17, 15) is 24.0 Å². The highest BCUT2D eigenvalue weighted by Gasteiger charge is 2.52. The first-order valence-corrected chi connectivity index (χ1v) is 8.02. The number of esters is 1. The maximum absolute atomic E-state index is 12.4. The summed E-state index contributed by atoms with van der Waals surface area (Å²) in [5.41, 5.74) is -0.888. The van der Waals surface area contributed by atoms with Gasteiger partial charge in [0.1, 0.15) is 12.1 Å². The van der Waals surface area contributed by atoms with Gasteiger partial charge >= 0.3 is 12.0 Å². The van der Waals surface area contributed by atoms with Gasteiger partial charge in [0.15, 0.2) is 6.61 Å². The summed E-state index contributed by atoms with van der Waals surface area (Å²) in [6.45, 7) is -1.34. The van der Waals surface area contributed by atoms with E-state index in [1.54, 1.807) is 14.1 Å². The quantitative estimate of drug-likeness (QED) is 0.446. The molecule has 10 heteroatoms. The van der Waals surface area contributed by atoms with E-state index in [0.717, 1.165) is 17.7 Å². The van der Waals surface area contributed by atoms with Crippen LogP contribution in [0, 0.1) is 0 Å². The van der Waals surface area contributed by atoms with Crippen molar-refractivity contribution >= 4 is 29.7 Å². The lowest BCUT2D eigenvalue weighted by atomic mass is 9.98. The van der Waals surface area contributed by atoms with Gasteiger partial charge in [-0.1, -0.05) is 12.8 Å². The third kappa shape index (κ3) is 4.25. The average Bonchev–Trinajstić information content (AvgIpc) is 3.11. The molecule has 0 bridgehead atoms. The molecule has 2 aliphatic rings. The molecule has 0 aromatic carbocycles. The van der Waals surface area contributed by atoms with E-state index < -0.39 is 42.5 Å². The zero-order valence-electron chi connectivity index (χ0n) is 14.3. The number of urea groups is 1. The predicted molar refractivity (Wildman–Crippen MR) is 84.1 cm³/mol. The molecule has 2 rings (SSSR count). The van der Waals surface area contributed by atoms with E-state index >= 15 is 0 Å². The highest BCUT2D eigenvalue weighted by atomic mass is 16.5. The van der Waals surface area contributed by atoms with E-state index in [1.165, 1.54) is 4.90 Å². The summed E-state index contributed by atoms with van der Waals surface area (Å²) in [5.74, 6) is -2.24. The first kappa shape index (κ1) is 18.7. The van der Waals surface area contributed by atoms with Crippen molar-refractivity contribution < 1.29 is 28.7 Å². The molecule has 0 unspecified atom stereocenters. The maximum atomic E-state index is 12.4. The van der Waals surface area contributed by atoms with Crippen molar-refractivity contribution in [2.75, 3.05) is 33.8 Å². The van der Waals surface area contributed by atoms with Crippen LogP contribution in [0.15, 0.2) is 0 Å². The summed E-state index contributed by atoms with van der Waals surface area (Å²) in [6.07, 6.45) is 2.81. The van der Waals surface area contributed by atoms with Crippen LogP contribution in [-0.2, 0) is 23.9 Å². The number of carbonyl (C=O) groups is 5. The fraction of sp³-hybridized carbons (Fsp3) is 0.667. The van der Waals surface area contributed by atoms with Gasteiger partial charge in [0.2, 0.25) is 5.91 Å². The number of nitrogens with zero attached hydrogens (tertiary/aromatic N) is 2. The second kappa shape index (κ2) is 7.49. The smallest absolute Gasteiger partial charge is 0.326 e. The number of amides is 5. The molecule has 5 amide bonds. The molecule has 0 aromatic heterocycles. The largest absolute Gasteiger partial charge is 0.454 e. The van der Waals surface area contributed by atoms with Gasteiger partial charge in [-0.05, 0) is 12.8 Å². The molecule has 0 atom stereocenters. The summed E-state index contributed by atoms with van der Waals surface area (Å²) in [4.78, 5) is 61.1. The van der Waals surface area contributed by atoms with Crippen molar-refractivity contribution in [3.63, 3.8) is 0 Å². The van der Waals surface area contributed by atoms with Gasteiger partial charge in [-0.2, -0.15) is 0 Å². The summed E-state index contributed by atoms with van der Waals surface area (Å²) < 4.78 is 4.76. The number of hydrogen-bond donors (Lipinski definition) is 2. The summed E-state index contributed by atoms with van der Waals surface area (Å²) in [5, 5.41) is 4.95. The number of hydrogen-bond acceptors (Lipinski definition) is 6. The van der Waals surface area contributed by atoms with Crippen molar-refractivity contribution in [2.45, 2.75) is 31.2 Å². The monoisotopic (exact) mass is 354 g/mol. The molecule has 1 aliphatic heterocycles. The van der Waals surface area contributed by atoms with Crippen molar-refractivity contribution in [2.24, 2.45) is 0 Å². The van der Waals surface area contributed by atoms with Crippen molar-refractivity contribution in [3.05, 3.63) is 0 Å². The molecular formula is C15H22N4O6. The summed E-state index contributed by atoms with van der Waals surface area (Å²) in [7, 11) is 3.09. The SMILES string of the molecule is CN(C)C(=O)CNC(=O)COC(=O)CN1C(=O)NC2(CCCC2)C1=O. The van der Waals surface area contributed by atoms with Crippen molar-refractivity contribution in [1.82, 2.24) is 20.4 Å². The fourth-order valence-corrected chi connectivity index (χ4v) is 2.84. The van der Waals surface area contributed by atoms with Crippen LogP contribution in [0.5, 0.6) is 0 Å². The molecule has 0 aromatic rings. The van der Waals surface area contributed by atoms with E-state index in [0.29, 0.717) is 12.8 Å². The standard InChI is InChI=1S/C15H22N4O6/c1-18(2)11(21)7-16-10(20)9-25-12(22)8-19-13(23)15(17-14(19)24)5-3-4-6-15/h3-9H2,1-2H3,(H,16,20)(H,17,24). The molecule has 0 radical (unpaired) electrons. The minimum Gasteiger partial charge on any atom is -0.454 e. The lowest BCUT2D eigenvalue weighted by Crippen LogP contribution is -2.44. The minimum absolute atomic E-state index is 0.209. The van der Waals surface area contributed by atoms with Gasteiger partial charge in [-0.3, -0.25) is 24.1 Å². The van der Waals surface area contributed by atoms with Crippen LogP contribution in [0.4, 0.5) is 4.79 Å². The van der Waals surface area contributed by atoms with Crippen LogP contribution in [0.1, 0.15) is 25.7 Å². The van der Waals surface area contributed by atoms with E-state index in [1.807, 2.05) is 0 Å². The average molecular weight is 354 g/mol. The zero-order chi connectivity index (χ0) is 18.6. The van der Waals surface area contributed by atoms with Gasteiger partial charge in [0.25, 0.3) is 11.8 Å². The Balaban J connectivity index is 1.77. The van der Waals surface area contributed by atoms with Crippen LogP contribution in [0.2, 0.25) is 0 Å². The molecular weight excluding hydrogens is 332 g/mol. The van der Waals surface area contributed by atoms with E-state index in [-0.39, 0.29) is 12.5 Å². The van der Waals surface area contributed by atoms with Crippen molar-refractivity contribution in [1.29, 1.82) is 0 Å². The molecule has 1 saturated heterocycles. The molecule has 138 valence electrons. The van der Waals surface area contributed by atoms with Crippen LogP contribution >= 0.6 is 0 Å². The first-order valence-electron chi connectivity index (χ1n) is 8.02. The Labute approximate surface area is 144 Å². The molecule has 2 N–H and O–H groups in total. The molecule has 10 nitrogen and oxygen atoms in total. The number of ether oxygens (including phenoxy) is 1. The second-order valence-electron chi connectivity index (χ2n) is 6.34. The Kier molecular flexibility index (Phi) is 5.60. The second-order valence-corrected chi connectivity index (χ2v) is 6.34. The highest BCUT2D eigenvalue weighted by Crippen LogP contribution is 2.34. The van der Waals surface area contributed by atoms with Gasteiger partial charge in [-0.25, -0.2) is 4.79 Å². The van der Waals surface area contributed by atoms with Gasteiger partial charge < -0.3 is 20.3 Å². The molecule has 25 heavy (non-hydrogen) atoms. The van der Waals surface area contributed by atoms with Gasteiger partial charge in [-0.15, -0.1) is 0 Å². The number of rotatable bonds is 6. The third-order valence-corrected chi connectivity index (χ3v) is 4.29. The normalized spacial score (nSPS) is 18.2. The Hall–Kier alpha value is -2.65. The first-order chi connectivity index (χ1) is 11.7. The number of nitrogens with one attached hydrogen (secondary N) is 2. The van der Waals surface area contributed by atoms with E-state index in [4.69, 9.17) is 4.74 Å².